The molecular weight excluding hydrogens is 168 g/mol. The van der Waals surface area contributed by atoms with Crippen LogP contribution in [0.2, 0.25) is 0 Å². The largest absolute Gasteiger partial charge is 0.0597 e. The van der Waals surface area contributed by atoms with Crippen LogP contribution < -0.4 is 0 Å². The standard InChI is InChI=1S/C14H26/c1-13(2,3)14(4)8-7-11-5-6-12(9-11)10-14/h11-12H,5-10H2,1-4H3. The first-order valence-corrected chi connectivity index (χ1v) is 6.41. The van der Waals surface area contributed by atoms with Crippen molar-refractivity contribution in [3.63, 3.8) is 0 Å². The first-order valence-electron chi connectivity index (χ1n) is 6.41. The summed E-state index contributed by atoms with van der Waals surface area (Å²) in [7, 11) is 0. The third-order valence-corrected chi connectivity index (χ3v) is 5.30. The molecule has 0 spiro atoms. The van der Waals surface area contributed by atoms with Gasteiger partial charge in [0.1, 0.15) is 0 Å². The lowest BCUT2D eigenvalue weighted by molar-refractivity contribution is 0.0664. The summed E-state index contributed by atoms with van der Waals surface area (Å²) in [6.07, 6.45) is 9.07. The van der Waals surface area contributed by atoms with Crippen LogP contribution in [0.4, 0.5) is 0 Å². The predicted octanol–water partition coefficient (Wildman–Crippen LogP) is 4.64. The zero-order valence-electron chi connectivity index (χ0n) is 10.4. The van der Waals surface area contributed by atoms with E-state index in [0.717, 1.165) is 11.8 Å². The molecule has 2 aliphatic rings. The molecule has 0 aliphatic heterocycles. The monoisotopic (exact) mass is 194 g/mol. The first-order chi connectivity index (χ1) is 6.41. The fourth-order valence-corrected chi connectivity index (χ4v) is 3.57. The van der Waals surface area contributed by atoms with Gasteiger partial charge in [-0.2, -0.15) is 0 Å². The van der Waals surface area contributed by atoms with Crippen LogP contribution in [0.15, 0.2) is 0 Å². The van der Waals surface area contributed by atoms with Crippen LogP contribution in [0.25, 0.3) is 0 Å². The van der Waals surface area contributed by atoms with E-state index < -0.39 is 0 Å². The highest BCUT2D eigenvalue weighted by atomic mass is 14.5. The number of hydrogen-bond donors (Lipinski definition) is 0. The summed E-state index contributed by atoms with van der Waals surface area (Å²) >= 11 is 0. The summed E-state index contributed by atoms with van der Waals surface area (Å²) in [5.41, 5.74) is 1.10. The highest BCUT2D eigenvalue weighted by molar-refractivity contribution is 4.94. The number of rotatable bonds is 0. The molecule has 2 rings (SSSR count). The average molecular weight is 194 g/mol. The predicted molar refractivity (Wildman–Crippen MR) is 62.2 cm³/mol. The van der Waals surface area contributed by atoms with Crippen LogP contribution in [0.3, 0.4) is 0 Å². The van der Waals surface area contributed by atoms with Crippen LogP contribution in [0.1, 0.15) is 66.2 Å². The molecule has 0 radical (unpaired) electrons. The van der Waals surface area contributed by atoms with E-state index >= 15 is 0 Å². The number of fused-ring (bicyclic) bond motifs is 2. The quantitative estimate of drug-likeness (QED) is 0.527. The maximum Gasteiger partial charge on any atom is -0.0274 e. The van der Waals surface area contributed by atoms with E-state index in [1.807, 2.05) is 0 Å². The van der Waals surface area contributed by atoms with E-state index in [2.05, 4.69) is 27.7 Å². The van der Waals surface area contributed by atoms with Crippen molar-refractivity contribution in [2.24, 2.45) is 22.7 Å². The van der Waals surface area contributed by atoms with Crippen molar-refractivity contribution < 1.29 is 0 Å². The van der Waals surface area contributed by atoms with Crippen molar-refractivity contribution in [1.82, 2.24) is 0 Å². The summed E-state index contributed by atoms with van der Waals surface area (Å²) < 4.78 is 0. The highest BCUT2D eigenvalue weighted by Crippen LogP contribution is 2.54. The van der Waals surface area contributed by atoms with E-state index in [1.165, 1.54) is 32.1 Å². The minimum absolute atomic E-state index is 0.497. The zero-order valence-corrected chi connectivity index (χ0v) is 10.4. The molecule has 0 heteroatoms. The van der Waals surface area contributed by atoms with Gasteiger partial charge in [-0.15, -0.1) is 0 Å². The lowest BCUT2D eigenvalue weighted by Crippen LogP contribution is -2.34. The molecule has 14 heavy (non-hydrogen) atoms. The molecule has 0 aromatic heterocycles. The third-order valence-electron chi connectivity index (χ3n) is 5.30. The fourth-order valence-electron chi connectivity index (χ4n) is 3.57. The fraction of sp³-hybridized carbons (Fsp3) is 1.00. The van der Waals surface area contributed by atoms with Gasteiger partial charge in [-0.1, -0.05) is 40.5 Å². The van der Waals surface area contributed by atoms with Crippen LogP contribution in [0, 0.1) is 22.7 Å². The summed E-state index contributed by atoms with van der Waals surface area (Å²) in [4.78, 5) is 0. The van der Waals surface area contributed by atoms with E-state index in [-0.39, 0.29) is 0 Å². The normalized spacial score (nSPS) is 43.7. The van der Waals surface area contributed by atoms with Crippen LogP contribution in [0.5, 0.6) is 0 Å². The Kier molecular flexibility index (Phi) is 2.44. The van der Waals surface area contributed by atoms with Crippen molar-refractivity contribution in [3.8, 4) is 0 Å². The average Bonchev–Trinajstić information content (AvgIpc) is 2.37. The van der Waals surface area contributed by atoms with Gasteiger partial charge in [-0.25, -0.2) is 0 Å². The zero-order chi connectivity index (χ0) is 10.4. The Morgan fingerprint density at radius 1 is 1.00 bits per heavy atom. The highest BCUT2D eigenvalue weighted by Gasteiger charge is 2.43. The van der Waals surface area contributed by atoms with E-state index in [4.69, 9.17) is 0 Å². The van der Waals surface area contributed by atoms with Gasteiger partial charge < -0.3 is 0 Å². The molecule has 0 saturated heterocycles. The van der Waals surface area contributed by atoms with Gasteiger partial charge >= 0.3 is 0 Å². The van der Waals surface area contributed by atoms with Crippen molar-refractivity contribution in [2.75, 3.05) is 0 Å². The molecule has 82 valence electrons. The van der Waals surface area contributed by atoms with Crippen molar-refractivity contribution in [2.45, 2.75) is 66.2 Å². The molecule has 2 aliphatic carbocycles. The Bertz CT molecular complexity index is 211. The molecule has 3 unspecified atom stereocenters. The third kappa shape index (κ3) is 1.73. The molecule has 2 saturated carbocycles. The van der Waals surface area contributed by atoms with Crippen molar-refractivity contribution >= 4 is 0 Å². The Morgan fingerprint density at radius 3 is 2.29 bits per heavy atom. The maximum atomic E-state index is 2.54. The van der Waals surface area contributed by atoms with Crippen LogP contribution >= 0.6 is 0 Å². The Labute approximate surface area is 89.5 Å². The maximum absolute atomic E-state index is 2.54. The minimum Gasteiger partial charge on any atom is -0.0597 e. The Balaban J connectivity index is 2.14. The SMILES string of the molecule is CC(C)(C)C1(C)CCC2CCC(C2)C1. The molecule has 0 heterocycles. The molecule has 3 atom stereocenters. The molecule has 2 fully saturated rings. The van der Waals surface area contributed by atoms with Crippen molar-refractivity contribution in [1.29, 1.82) is 0 Å². The minimum atomic E-state index is 0.497. The molecule has 0 nitrogen and oxygen atoms in total. The smallest absolute Gasteiger partial charge is 0.0274 e. The van der Waals surface area contributed by atoms with Gasteiger partial charge in [-0.3, -0.25) is 0 Å². The van der Waals surface area contributed by atoms with Crippen molar-refractivity contribution in [3.05, 3.63) is 0 Å². The lowest BCUT2D eigenvalue weighted by atomic mass is 9.62. The second-order valence-electron chi connectivity index (χ2n) is 7.10. The van der Waals surface area contributed by atoms with Gasteiger partial charge in [0.25, 0.3) is 0 Å². The summed E-state index contributed by atoms with van der Waals surface area (Å²) in [5, 5.41) is 0. The second kappa shape index (κ2) is 3.25. The first kappa shape index (κ1) is 10.5. The van der Waals surface area contributed by atoms with Crippen LogP contribution in [-0.2, 0) is 0 Å². The Hall–Kier alpha value is 0. The van der Waals surface area contributed by atoms with Gasteiger partial charge in [0, 0.05) is 0 Å². The van der Waals surface area contributed by atoms with Gasteiger partial charge in [0.15, 0.2) is 0 Å². The molecule has 0 aromatic rings. The van der Waals surface area contributed by atoms with E-state index in [0.29, 0.717) is 10.8 Å². The van der Waals surface area contributed by atoms with Gasteiger partial charge in [0.05, 0.1) is 0 Å². The molecule has 0 amide bonds. The van der Waals surface area contributed by atoms with Gasteiger partial charge in [0.2, 0.25) is 0 Å². The van der Waals surface area contributed by atoms with Crippen LogP contribution in [-0.4, -0.2) is 0 Å². The Morgan fingerprint density at radius 2 is 1.64 bits per heavy atom. The number of hydrogen-bond acceptors (Lipinski definition) is 0. The summed E-state index contributed by atoms with van der Waals surface area (Å²) in [5.74, 6) is 2.15. The van der Waals surface area contributed by atoms with E-state index in [1.54, 1.807) is 6.42 Å². The lowest BCUT2D eigenvalue weighted by Gasteiger charge is -2.43. The molecular formula is C14H26. The molecule has 2 bridgehead atoms. The topological polar surface area (TPSA) is 0 Å². The van der Waals surface area contributed by atoms with E-state index in [9.17, 15) is 0 Å². The summed E-state index contributed by atoms with van der Waals surface area (Å²) in [6, 6.07) is 0. The summed E-state index contributed by atoms with van der Waals surface area (Å²) in [6.45, 7) is 9.84. The molecule has 0 N–H and O–H groups in total. The molecule has 0 aromatic carbocycles. The second-order valence-corrected chi connectivity index (χ2v) is 7.10. The van der Waals surface area contributed by atoms with Gasteiger partial charge in [-0.05, 0) is 48.3 Å².